The molecule has 0 radical (unpaired) electrons. The van der Waals surface area contributed by atoms with Crippen molar-refractivity contribution in [2.75, 3.05) is 18.0 Å². The van der Waals surface area contributed by atoms with Crippen LogP contribution in [0, 0.1) is 6.92 Å². The molecule has 1 heterocycles. The first-order chi connectivity index (χ1) is 8.47. The molecule has 0 aliphatic carbocycles. The summed E-state index contributed by atoms with van der Waals surface area (Å²) < 4.78 is 0. The van der Waals surface area contributed by atoms with E-state index in [0.29, 0.717) is 15.5 Å². The van der Waals surface area contributed by atoms with Gasteiger partial charge in [0, 0.05) is 34.8 Å². The number of thioether (sulfide) groups is 1. The first-order valence-electron chi connectivity index (χ1n) is 6.28. The average Bonchev–Trinajstić information content (AvgIpc) is 2.26. The van der Waals surface area contributed by atoms with Gasteiger partial charge < -0.3 is 10.6 Å². The van der Waals surface area contributed by atoms with Gasteiger partial charge in [-0.15, -0.1) is 0 Å². The van der Waals surface area contributed by atoms with Gasteiger partial charge >= 0.3 is 0 Å². The molecule has 1 aromatic carbocycles. The van der Waals surface area contributed by atoms with Crippen molar-refractivity contribution in [2.45, 2.75) is 31.3 Å². The normalized spacial score (nSPS) is 24.1. The van der Waals surface area contributed by atoms with Crippen LogP contribution in [0.25, 0.3) is 0 Å². The minimum atomic E-state index is 0.481. The predicted molar refractivity (Wildman–Crippen MR) is 85.8 cm³/mol. The number of anilines is 1. The second-order valence-electron chi connectivity index (χ2n) is 5.03. The number of hydrogen-bond donors (Lipinski definition) is 1. The van der Waals surface area contributed by atoms with E-state index < -0.39 is 0 Å². The van der Waals surface area contributed by atoms with Gasteiger partial charge in [0.1, 0.15) is 4.99 Å². The smallest absolute Gasteiger partial charge is 0.104 e. The van der Waals surface area contributed by atoms with Crippen LogP contribution < -0.4 is 10.6 Å². The molecule has 1 aliphatic rings. The third kappa shape index (κ3) is 2.98. The van der Waals surface area contributed by atoms with Gasteiger partial charge in [-0.1, -0.05) is 26.1 Å². The van der Waals surface area contributed by atoms with Crippen molar-refractivity contribution in [3.05, 3.63) is 29.3 Å². The van der Waals surface area contributed by atoms with Crippen molar-refractivity contribution in [3.63, 3.8) is 0 Å². The molecule has 1 saturated heterocycles. The average molecular weight is 280 g/mol. The highest BCUT2D eigenvalue weighted by molar-refractivity contribution is 8.00. The second kappa shape index (κ2) is 5.49. The van der Waals surface area contributed by atoms with E-state index in [9.17, 15) is 0 Å². The highest BCUT2D eigenvalue weighted by atomic mass is 32.2. The van der Waals surface area contributed by atoms with Crippen molar-refractivity contribution >= 4 is 34.7 Å². The summed E-state index contributed by atoms with van der Waals surface area (Å²) in [7, 11) is 0. The molecule has 2 N–H and O–H groups in total. The molecule has 2 nitrogen and oxygen atoms in total. The molecule has 1 aliphatic heterocycles. The van der Waals surface area contributed by atoms with Gasteiger partial charge in [-0.25, -0.2) is 0 Å². The third-order valence-electron chi connectivity index (χ3n) is 3.26. The second-order valence-corrected chi connectivity index (χ2v) is 7.35. The molecule has 1 aromatic rings. The zero-order chi connectivity index (χ0) is 13.3. The fourth-order valence-electron chi connectivity index (χ4n) is 2.51. The van der Waals surface area contributed by atoms with E-state index >= 15 is 0 Å². The van der Waals surface area contributed by atoms with Crippen LogP contribution in [0.2, 0.25) is 0 Å². The monoisotopic (exact) mass is 280 g/mol. The molecule has 98 valence electrons. The molecular weight excluding hydrogens is 260 g/mol. The maximum Gasteiger partial charge on any atom is 0.104 e. The van der Waals surface area contributed by atoms with Crippen molar-refractivity contribution in [1.29, 1.82) is 0 Å². The van der Waals surface area contributed by atoms with Crippen LogP contribution in [-0.2, 0) is 0 Å². The van der Waals surface area contributed by atoms with Crippen molar-refractivity contribution < 1.29 is 0 Å². The van der Waals surface area contributed by atoms with E-state index in [1.54, 1.807) is 0 Å². The number of benzene rings is 1. The maximum atomic E-state index is 5.70. The van der Waals surface area contributed by atoms with Crippen LogP contribution in [0.4, 0.5) is 5.69 Å². The fourth-order valence-corrected chi connectivity index (χ4v) is 4.06. The highest BCUT2D eigenvalue weighted by Crippen LogP contribution is 2.29. The standard InChI is InChI=1S/C14H20N2S2/c1-9-6-12(4-5-13(9)14(15)17)16-7-10(2)18-11(3)8-16/h4-6,10-11H,7-8H2,1-3H3,(H2,15,17). The Hall–Kier alpha value is -0.740. The zero-order valence-corrected chi connectivity index (χ0v) is 12.8. The Morgan fingerprint density at radius 3 is 2.44 bits per heavy atom. The Kier molecular flexibility index (Phi) is 4.17. The van der Waals surface area contributed by atoms with Crippen LogP contribution >= 0.6 is 24.0 Å². The minimum Gasteiger partial charge on any atom is -0.389 e. The number of nitrogens with zero attached hydrogens (tertiary/aromatic N) is 1. The largest absolute Gasteiger partial charge is 0.389 e. The van der Waals surface area contributed by atoms with Gasteiger partial charge in [-0.3, -0.25) is 0 Å². The minimum absolute atomic E-state index is 0.481. The Morgan fingerprint density at radius 2 is 1.94 bits per heavy atom. The lowest BCUT2D eigenvalue weighted by molar-refractivity contribution is 0.728. The van der Waals surface area contributed by atoms with E-state index in [2.05, 4.69) is 49.6 Å². The van der Waals surface area contributed by atoms with Crippen LogP contribution in [0.1, 0.15) is 25.0 Å². The van der Waals surface area contributed by atoms with E-state index in [1.165, 1.54) is 11.3 Å². The summed E-state index contributed by atoms with van der Waals surface area (Å²) in [5.74, 6) is 0. The zero-order valence-electron chi connectivity index (χ0n) is 11.1. The van der Waals surface area contributed by atoms with Crippen molar-refractivity contribution in [3.8, 4) is 0 Å². The fraction of sp³-hybridized carbons (Fsp3) is 0.500. The molecule has 2 unspecified atom stereocenters. The Morgan fingerprint density at radius 1 is 1.33 bits per heavy atom. The van der Waals surface area contributed by atoms with Gasteiger partial charge in [0.05, 0.1) is 0 Å². The molecule has 2 rings (SSSR count). The highest BCUT2D eigenvalue weighted by Gasteiger charge is 2.22. The van der Waals surface area contributed by atoms with Gasteiger partial charge in [-0.2, -0.15) is 11.8 Å². The predicted octanol–water partition coefficient (Wildman–Crippen LogP) is 2.96. The molecule has 1 fully saturated rings. The summed E-state index contributed by atoms with van der Waals surface area (Å²) in [4.78, 5) is 2.94. The topological polar surface area (TPSA) is 29.3 Å². The summed E-state index contributed by atoms with van der Waals surface area (Å²) in [5.41, 5.74) is 9.14. The van der Waals surface area contributed by atoms with Crippen molar-refractivity contribution in [2.24, 2.45) is 5.73 Å². The van der Waals surface area contributed by atoms with Gasteiger partial charge in [0.2, 0.25) is 0 Å². The third-order valence-corrected chi connectivity index (χ3v) is 4.71. The number of hydrogen-bond acceptors (Lipinski definition) is 3. The molecule has 18 heavy (non-hydrogen) atoms. The Bertz CT molecular complexity index is 449. The number of aryl methyl sites for hydroxylation is 1. The molecule has 2 atom stereocenters. The number of nitrogens with two attached hydrogens (primary N) is 1. The molecule has 0 saturated carbocycles. The lowest BCUT2D eigenvalue weighted by Crippen LogP contribution is -2.40. The summed E-state index contributed by atoms with van der Waals surface area (Å²) in [6, 6.07) is 6.38. The van der Waals surface area contributed by atoms with Gasteiger partial charge in [-0.05, 0) is 30.7 Å². The van der Waals surface area contributed by atoms with Crippen molar-refractivity contribution in [1.82, 2.24) is 0 Å². The number of rotatable bonds is 2. The first kappa shape index (κ1) is 13.7. The van der Waals surface area contributed by atoms with E-state index in [1.807, 2.05) is 6.07 Å². The van der Waals surface area contributed by atoms with Crippen LogP contribution in [0.15, 0.2) is 18.2 Å². The Balaban J connectivity index is 2.23. The lowest BCUT2D eigenvalue weighted by atomic mass is 10.1. The molecule has 0 amide bonds. The van der Waals surface area contributed by atoms with Crippen LogP contribution in [0.5, 0.6) is 0 Å². The van der Waals surface area contributed by atoms with Gasteiger partial charge in [0.15, 0.2) is 0 Å². The quantitative estimate of drug-likeness (QED) is 0.843. The van der Waals surface area contributed by atoms with E-state index in [4.69, 9.17) is 18.0 Å². The summed E-state index contributed by atoms with van der Waals surface area (Å²) in [6.45, 7) is 8.89. The molecule has 0 spiro atoms. The molecular formula is C14H20N2S2. The van der Waals surface area contributed by atoms with E-state index in [0.717, 1.165) is 18.7 Å². The Labute approximate surface area is 119 Å². The lowest BCUT2D eigenvalue weighted by Gasteiger charge is -2.36. The molecule has 4 heteroatoms. The van der Waals surface area contributed by atoms with Crippen LogP contribution in [0.3, 0.4) is 0 Å². The first-order valence-corrected chi connectivity index (χ1v) is 7.63. The summed E-state index contributed by atoms with van der Waals surface area (Å²) in [5, 5.41) is 1.37. The SMILES string of the molecule is Cc1cc(N2CC(C)SC(C)C2)ccc1C(N)=S. The van der Waals surface area contributed by atoms with Gasteiger partial charge in [0.25, 0.3) is 0 Å². The van der Waals surface area contributed by atoms with Crippen LogP contribution in [-0.4, -0.2) is 28.6 Å². The number of thiocarbonyl (C=S) groups is 1. The van der Waals surface area contributed by atoms with E-state index in [-0.39, 0.29) is 0 Å². The maximum absolute atomic E-state index is 5.70. The summed E-state index contributed by atoms with van der Waals surface area (Å²) >= 11 is 7.12. The molecule has 0 bridgehead atoms. The summed E-state index contributed by atoms with van der Waals surface area (Å²) in [6.07, 6.45) is 0. The molecule has 0 aromatic heterocycles.